The zero-order chi connectivity index (χ0) is 21.3. The summed E-state index contributed by atoms with van der Waals surface area (Å²) in [6, 6.07) is 14.7. The van der Waals surface area contributed by atoms with Crippen molar-refractivity contribution in [2.75, 3.05) is 16.8 Å². The fraction of sp³-hybridized carbons (Fsp3) is 0.0476. The summed E-state index contributed by atoms with van der Waals surface area (Å²) in [6.45, 7) is 0. The Kier molecular flexibility index (Phi) is 4.63. The van der Waals surface area contributed by atoms with Crippen LogP contribution in [0, 0.1) is 28.6 Å². The van der Waals surface area contributed by atoms with Crippen LogP contribution in [-0.2, 0) is 0 Å². The average Bonchev–Trinajstić information content (AvgIpc) is 2.74. The molecule has 1 aromatic heterocycles. The molecule has 2 heterocycles. The minimum Gasteiger partial charge on any atom is -0.397 e. The maximum atomic E-state index is 14.6. The lowest BCUT2D eigenvalue weighted by atomic mass is 9.89. The largest absolute Gasteiger partial charge is 0.397 e. The first kappa shape index (κ1) is 18.7. The number of aliphatic imine (C=N–C) groups is 1. The number of nitrogens with one attached hydrogen (secondary N) is 2. The van der Waals surface area contributed by atoms with Gasteiger partial charge in [0.15, 0.2) is 6.19 Å². The van der Waals surface area contributed by atoms with Gasteiger partial charge in [0.05, 0.1) is 5.69 Å². The van der Waals surface area contributed by atoms with Gasteiger partial charge in [-0.25, -0.2) is 14.4 Å². The molecule has 6 N–H and O–H groups in total. The normalized spacial score (nSPS) is 14.5. The zero-order valence-corrected chi connectivity index (χ0v) is 15.5. The third kappa shape index (κ3) is 3.01. The molecular formula is C21H15FN8. The Morgan fingerprint density at radius 3 is 2.43 bits per heavy atom. The fourth-order valence-corrected chi connectivity index (χ4v) is 3.47. The van der Waals surface area contributed by atoms with Gasteiger partial charge in [-0.3, -0.25) is 5.32 Å². The van der Waals surface area contributed by atoms with Crippen LogP contribution in [0.1, 0.15) is 22.7 Å². The molecule has 2 aromatic carbocycles. The number of hydrogen-bond donors (Lipinski definition) is 4. The van der Waals surface area contributed by atoms with Crippen LogP contribution < -0.4 is 22.1 Å². The standard InChI is InChI=1S/C21H15FN8/c22-15-8-4-3-6-12(15)11-5-1-2-7-13(11)18-16-17(25)14(9-23)19(26)29-20(16)30-21(28-18)27-10-24/h1-8,18H,(H6,25,26,27,28,29,30). The van der Waals surface area contributed by atoms with E-state index < -0.39 is 6.04 Å². The summed E-state index contributed by atoms with van der Waals surface area (Å²) in [5, 5.41) is 23.8. The second kappa shape index (κ2) is 7.41. The van der Waals surface area contributed by atoms with Crippen molar-refractivity contribution in [3.63, 3.8) is 0 Å². The molecular weight excluding hydrogens is 383 g/mol. The van der Waals surface area contributed by atoms with Gasteiger partial charge < -0.3 is 16.8 Å². The number of pyridine rings is 1. The lowest BCUT2D eigenvalue weighted by Gasteiger charge is -2.27. The molecule has 0 amide bonds. The number of nitrogens with zero attached hydrogens (tertiary/aromatic N) is 4. The van der Waals surface area contributed by atoms with Gasteiger partial charge in [-0.2, -0.15) is 10.5 Å². The average molecular weight is 398 g/mol. The van der Waals surface area contributed by atoms with Crippen molar-refractivity contribution < 1.29 is 4.39 Å². The predicted octanol–water partition coefficient (Wildman–Crippen LogP) is 2.87. The Balaban J connectivity index is 2.00. The summed E-state index contributed by atoms with van der Waals surface area (Å²) in [7, 11) is 0. The molecule has 0 bridgehead atoms. The second-order valence-electron chi connectivity index (χ2n) is 6.47. The number of aromatic nitrogens is 1. The van der Waals surface area contributed by atoms with Gasteiger partial charge in [0.2, 0.25) is 5.96 Å². The highest BCUT2D eigenvalue weighted by Gasteiger charge is 2.31. The van der Waals surface area contributed by atoms with Crippen LogP contribution in [0.2, 0.25) is 0 Å². The number of rotatable bonds is 2. The summed E-state index contributed by atoms with van der Waals surface area (Å²) >= 11 is 0. The third-order valence-electron chi connectivity index (χ3n) is 4.78. The topological polar surface area (TPSA) is 149 Å². The minimum atomic E-state index is -0.756. The van der Waals surface area contributed by atoms with E-state index in [2.05, 4.69) is 20.6 Å². The number of anilines is 3. The number of guanidine groups is 1. The molecule has 30 heavy (non-hydrogen) atoms. The second-order valence-corrected chi connectivity index (χ2v) is 6.47. The van der Waals surface area contributed by atoms with E-state index in [1.165, 1.54) is 6.07 Å². The number of nitriles is 2. The Morgan fingerprint density at radius 1 is 1.03 bits per heavy atom. The molecule has 0 saturated heterocycles. The summed E-state index contributed by atoms with van der Waals surface area (Å²) < 4.78 is 14.6. The van der Waals surface area contributed by atoms with Gasteiger partial charge in [0.1, 0.15) is 35.1 Å². The molecule has 1 unspecified atom stereocenters. The van der Waals surface area contributed by atoms with E-state index in [1.54, 1.807) is 48.7 Å². The van der Waals surface area contributed by atoms with Crippen LogP contribution in [0.3, 0.4) is 0 Å². The van der Waals surface area contributed by atoms with E-state index in [-0.39, 0.29) is 34.7 Å². The summed E-state index contributed by atoms with van der Waals surface area (Å²) in [5.41, 5.74) is 14.3. The molecule has 0 fully saturated rings. The highest BCUT2D eigenvalue weighted by atomic mass is 19.1. The number of benzene rings is 2. The zero-order valence-electron chi connectivity index (χ0n) is 15.5. The van der Waals surface area contributed by atoms with E-state index in [1.807, 2.05) is 6.07 Å². The molecule has 1 aliphatic heterocycles. The van der Waals surface area contributed by atoms with Crippen LogP contribution in [-0.4, -0.2) is 10.9 Å². The molecule has 0 radical (unpaired) electrons. The maximum absolute atomic E-state index is 14.6. The lowest BCUT2D eigenvalue weighted by molar-refractivity contribution is 0.631. The Morgan fingerprint density at radius 2 is 1.73 bits per heavy atom. The van der Waals surface area contributed by atoms with Crippen LogP contribution in [0.5, 0.6) is 0 Å². The van der Waals surface area contributed by atoms with Crippen molar-refractivity contribution in [3.8, 4) is 23.4 Å². The number of hydrogen-bond acceptors (Lipinski definition) is 8. The Bertz CT molecular complexity index is 1270. The van der Waals surface area contributed by atoms with Crippen molar-refractivity contribution in [1.29, 1.82) is 10.5 Å². The predicted molar refractivity (Wildman–Crippen MR) is 111 cm³/mol. The van der Waals surface area contributed by atoms with Gasteiger partial charge in [-0.15, -0.1) is 0 Å². The molecule has 0 aliphatic carbocycles. The maximum Gasteiger partial charge on any atom is 0.211 e. The number of halogens is 1. The fourth-order valence-electron chi connectivity index (χ4n) is 3.47. The smallest absolute Gasteiger partial charge is 0.211 e. The number of fused-ring (bicyclic) bond motifs is 1. The summed E-state index contributed by atoms with van der Waals surface area (Å²) in [6.07, 6.45) is 1.80. The van der Waals surface area contributed by atoms with Crippen LogP contribution >= 0.6 is 0 Å². The monoisotopic (exact) mass is 398 g/mol. The lowest BCUT2D eigenvalue weighted by Crippen LogP contribution is -2.33. The number of nitrogen functional groups attached to an aromatic ring is 2. The summed E-state index contributed by atoms with van der Waals surface area (Å²) in [4.78, 5) is 8.78. The van der Waals surface area contributed by atoms with Gasteiger partial charge in [-0.1, -0.05) is 42.5 Å². The van der Waals surface area contributed by atoms with Crippen molar-refractivity contribution >= 4 is 23.3 Å². The van der Waals surface area contributed by atoms with Crippen molar-refractivity contribution in [2.45, 2.75) is 6.04 Å². The van der Waals surface area contributed by atoms with Gasteiger partial charge in [0.25, 0.3) is 0 Å². The molecule has 0 saturated carbocycles. The SMILES string of the molecule is N#CNC1=NC(c2ccccc2-c2ccccc2F)c2c(nc(N)c(C#N)c2N)N1. The molecule has 1 atom stereocenters. The Labute approximate surface area is 171 Å². The van der Waals surface area contributed by atoms with Crippen molar-refractivity contribution in [3.05, 3.63) is 71.0 Å². The minimum absolute atomic E-state index is 0.0378. The number of nitrogens with two attached hydrogens (primary N) is 2. The van der Waals surface area contributed by atoms with E-state index in [4.69, 9.17) is 16.7 Å². The molecule has 4 rings (SSSR count). The van der Waals surface area contributed by atoms with Gasteiger partial charge in [-0.05, 0) is 17.2 Å². The van der Waals surface area contributed by atoms with E-state index in [0.717, 1.165) is 0 Å². The summed E-state index contributed by atoms with van der Waals surface area (Å²) in [5.74, 6) is -0.0281. The van der Waals surface area contributed by atoms with Gasteiger partial charge >= 0.3 is 0 Å². The van der Waals surface area contributed by atoms with Crippen molar-refractivity contribution in [2.24, 2.45) is 4.99 Å². The van der Waals surface area contributed by atoms with Crippen molar-refractivity contribution in [1.82, 2.24) is 10.3 Å². The molecule has 3 aromatic rings. The molecule has 9 heteroatoms. The first-order valence-corrected chi connectivity index (χ1v) is 8.87. The Hall–Kier alpha value is -4.63. The highest BCUT2D eigenvalue weighted by molar-refractivity contribution is 5.98. The third-order valence-corrected chi connectivity index (χ3v) is 4.78. The molecule has 8 nitrogen and oxygen atoms in total. The molecule has 0 spiro atoms. The van der Waals surface area contributed by atoms with Crippen LogP contribution in [0.15, 0.2) is 53.5 Å². The van der Waals surface area contributed by atoms with Crippen LogP contribution in [0.25, 0.3) is 11.1 Å². The van der Waals surface area contributed by atoms with Gasteiger partial charge in [0, 0.05) is 11.1 Å². The quantitative estimate of drug-likeness (QED) is 0.383. The first-order chi connectivity index (χ1) is 14.5. The molecule has 1 aliphatic rings. The molecule has 146 valence electrons. The van der Waals surface area contributed by atoms with E-state index in [0.29, 0.717) is 22.3 Å². The highest BCUT2D eigenvalue weighted by Crippen LogP contribution is 2.43. The van der Waals surface area contributed by atoms with Crippen LogP contribution in [0.4, 0.5) is 21.7 Å². The first-order valence-electron chi connectivity index (χ1n) is 8.87. The van der Waals surface area contributed by atoms with E-state index >= 15 is 0 Å². The van der Waals surface area contributed by atoms with E-state index in [9.17, 15) is 9.65 Å².